The molecule has 1 amide bonds. The fraction of sp³-hybridized carbons (Fsp3) is 0.154. The Labute approximate surface area is 104 Å². The number of nitrogens with zero attached hydrogens (tertiary/aromatic N) is 2. The highest BCUT2D eigenvalue weighted by Gasteiger charge is 2.07. The van der Waals surface area contributed by atoms with Gasteiger partial charge >= 0.3 is 0 Å². The maximum absolute atomic E-state index is 11.7. The highest BCUT2D eigenvalue weighted by Crippen LogP contribution is 1.95. The average molecular weight is 243 g/mol. The number of aryl methyl sites for hydroxylation is 1. The molecular weight excluding hydrogens is 230 g/mol. The van der Waals surface area contributed by atoms with Crippen LogP contribution in [0.2, 0.25) is 0 Å². The molecule has 0 fully saturated rings. The van der Waals surface area contributed by atoms with Gasteiger partial charge in [-0.05, 0) is 18.2 Å². The third-order valence-electron chi connectivity index (χ3n) is 2.54. The van der Waals surface area contributed by atoms with Gasteiger partial charge in [0.15, 0.2) is 0 Å². The number of carbonyl (C=O) groups excluding carboxylic acids is 1. The normalized spacial score (nSPS) is 10.1. The maximum atomic E-state index is 11.7. The zero-order valence-electron chi connectivity index (χ0n) is 9.96. The quantitative estimate of drug-likeness (QED) is 0.863. The smallest absolute Gasteiger partial charge is 0.270 e. The molecule has 0 aliphatic heterocycles. The molecule has 0 unspecified atom stereocenters. The van der Waals surface area contributed by atoms with Crippen molar-refractivity contribution in [3.63, 3.8) is 0 Å². The van der Waals surface area contributed by atoms with Gasteiger partial charge in [0.2, 0.25) is 0 Å². The summed E-state index contributed by atoms with van der Waals surface area (Å²) in [5, 5.41) is 2.67. The van der Waals surface area contributed by atoms with Crippen molar-refractivity contribution in [2.45, 2.75) is 6.54 Å². The minimum absolute atomic E-state index is 0.112. The minimum atomic E-state index is -0.290. The highest BCUT2D eigenvalue weighted by atomic mass is 16.2. The van der Waals surface area contributed by atoms with Crippen molar-refractivity contribution >= 4 is 5.91 Å². The lowest BCUT2D eigenvalue weighted by Gasteiger charge is -2.05. The number of amides is 1. The number of carbonyl (C=O) groups is 1. The van der Waals surface area contributed by atoms with E-state index in [1.807, 2.05) is 0 Å². The molecule has 5 nitrogen and oxygen atoms in total. The van der Waals surface area contributed by atoms with Crippen molar-refractivity contribution in [3.05, 3.63) is 64.3 Å². The summed E-state index contributed by atoms with van der Waals surface area (Å²) in [4.78, 5) is 27.4. The second-order valence-electron chi connectivity index (χ2n) is 3.85. The van der Waals surface area contributed by atoms with Crippen LogP contribution in [0.25, 0.3) is 0 Å². The van der Waals surface area contributed by atoms with Crippen LogP contribution in [-0.4, -0.2) is 15.5 Å². The summed E-state index contributed by atoms with van der Waals surface area (Å²) in [6.07, 6.45) is 3.23. The van der Waals surface area contributed by atoms with Gasteiger partial charge < -0.3 is 9.88 Å². The first-order valence-corrected chi connectivity index (χ1v) is 5.52. The predicted molar refractivity (Wildman–Crippen MR) is 67.1 cm³/mol. The van der Waals surface area contributed by atoms with E-state index in [2.05, 4.69) is 10.3 Å². The fourth-order valence-corrected chi connectivity index (χ4v) is 1.55. The summed E-state index contributed by atoms with van der Waals surface area (Å²) >= 11 is 0. The molecule has 0 bridgehead atoms. The van der Waals surface area contributed by atoms with E-state index in [0.717, 1.165) is 0 Å². The van der Waals surface area contributed by atoms with Crippen LogP contribution in [-0.2, 0) is 13.6 Å². The van der Waals surface area contributed by atoms with Crippen molar-refractivity contribution < 1.29 is 4.79 Å². The predicted octanol–water partition coefficient (Wildman–Crippen LogP) is 0.710. The third kappa shape index (κ3) is 2.63. The molecule has 2 heterocycles. The van der Waals surface area contributed by atoms with Crippen LogP contribution in [0.5, 0.6) is 0 Å². The summed E-state index contributed by atoms with van der Waals surface area (Å²) in [6, 6.07) is 8.57. The minimum Gasteiger partial charge on any atom is -0.346 e. The second-order valence-corrected chi connectivity index (χ2v) is 3.85. The molecule has 0 saturated carbocycles. The largest absolute Gasteiger partial charge is 0.346 e. The van der Waals surface area contributed by atoms with Gasteiger partial charge in [0.05, 0.1) is 0 Å². The number of aromatic nitrogens is 2. The Morgan fingerprint density at radius 2 is 2.17 bits per heavy atom. The Bertz CT molecular complexity index is 605. The number of nitrogens with one attached hydrogen (secondary N) is 1. The zero-order chi connectivity index (χ0) is 13.0. The fourth-order valence-electron chi connectivity index (χ4n) is 1.55. The Hall–Kier alpha value is -2.43. The van der Waals surface area contributed by atoms with Gasteiger partial charge in [-0.2, -0.15) is 0 Å². The molecule has 0 atom stereocenters. The van der Waals surface area contributed by atoms with Crippen molar-refractivity contribution in [2.24, 2.45) is 7.05 Å². The summed E-state index contributed by atoms with van der Waals surface area (Å²) < 4.78 is 1.47. The summed E-state index contributed by atoms with van der Waals surface area (Å²) in [5.41, 5.74) is 0.772. The van der Waals surface area contributed by atoms with Crippen LogP contribution in [0, 0.1) is 0 Å². The molecular formula is C13H13N3O2. The number of hydrogen-bond donors (Lipinski definition) is 1. The Kier molecular flexibility index (Phi) is 3.52. The number of pyridine rings is 2. The van der Waals surface area contributed by atoms with Gasteiger partial charge in [-0.25, -0.2) is 0 Å². The average Bonchev–Trinajstić information content (AvgIpc) is 2.41. The van der Waals surface area contributed by atoms with E-state index in [1.54, 1.807) is 49.8 Å². The van der Waals surface area contributed by atoms with E-state index >= 15 is 0 Å². The van der Waals surface area contributed by atoms with Crippen molar-refractivity contribution in [2.75, 3.05) is 0 Å². The van der Waals surface area contributed by atoms with E-state index in [1.165, 1.54) is 4.57 Å². The first kappa shape index (κ1) is 12.0. The monoisotopic (exact) mass is 243 g/mol. The molecule has 2 rings (SSSR count). The van der Waals surface area contributed by atoms with Crippen LogP contribution < -0.4 is 10.9 Å². The lowest BCUT2D eigenvalue weighted by atomic mass is 10.2. The SMILES string of the molecule is Cn1cccc(CNC(=O)c2ccccn2)c1=O. The zero-order valence-corrected chi connectivity index (χ0v) is 9.96. The standard InChI is InChI=1S/C13H13N3O2/c1-16-8-4-5-10(13(16)18)9-15-12(17)11-6-2-3-7-14-11/h2-8H,9H2,1H3,(H,15,17). The molecule has 0 aliphatic rings. The highest BCUT2D eigenvalue weighted by molar-refractivity contribution is 5.92. The van der Waals surface area contributed by atoms with E-state index in [-0.39, 0.29) is 18.0 Å². The van der Waals surface area contributed by atoms with Crippen molar-refractivity contribution in [3.8, 4) is 0 Å². The van der Waals surface area contributed by atoms with Crippen molar-refractivity contribution in [1.29, 1.82) is 0 Å². The molecule has 18 heavy (non-hydrogen) atoms. The molecule has 0 saturated heterocycles. The molecule has 2 aromatic rings. The van der Waals surface area contributed by atoms with Crippen LogP contribution in [0.4, 0.5) is 0 Å². The molecule has 0 spiro atoms. The first-order valence-electron chi connectivity index (χ1n) is 5.52. The van der Waals surface area contributed by atoms with Gasteiger partial charge in [0, 0.05) is 31.5 Å². The van der Waals surface area contributed by atoms with Gasteiger partial charge in [0.1, 0.15) is 5.69 Å². The van der Waals surface area contributed by atoms with E-state index in [4.69, 9.17) is 0 Å². The van der Waals surface area contributed by atoms with Crippen LogP contribution in [0.1, 0.15) is 16.1 Å². The lowest BCUT2D eigenvalue weighted by Crippen LogP contribution is -2.29. The van der Waals surface area contributed by atoms with Crippen LogP contribution in [0.3, 0.4) is 0 Å². The Morgan fingerprint density at radius 3 is 2.89 bits per heavy atom. The van der Waals surface area contributed by atoms with Gasteiger partial charge in [-0.3, -0.25) is 14.6 Å². The van der Waals surface area contributed by atoms with Gasteiger partial charge in [-0.15, -0.1) is 0 Å². The van der Waals surface area contributed by atoms with Gasteiger partial charge in [-0.1, -0.05) is 12.1 Å². The third-order valence-corrected chi connectivity index (χ3v) is 2.54. The first-order chi connectivity index (χ1) is 8.68. The molecule has 1 N–H and O–H groups in total. The molecule has 5 heteroatoms. The van der Waals surface area contributed by atoms with Gasteiger partial charge in [0.25, 0.3) is 11.5 Å². The molecule has 0 radical (unpaired) electrons. The van der Waals surface area contributed by atoms with Crippen LogP contribution >= 0.6 is 0 Å². The summed E-state index contributed by atoms with van der Waals surface area (Å²) in [7, 11) is 1.67. The molecule has 0 aliphatic carbocycles. The van der Waals surface area contributed by atoms with Crippen molar-refractivity contribution in [1.82, 2.24) is 14.9 Å². The topological polar surface area (TPSA) is 64.0 Å². The number of rotatable bonds is 3. The number of hydrogen-bond acceptors (Lipinski definition) is 3. The second kappa shape index (κ2) is 5.27. The Morgan fingerprint density at radius 1 is 1.33 bits per heavy atom. The van der Waals surface area contributed by atoms with Crippen LogP contribution in [0.15, 0.2) is 47.5 Å². The van der Waals surface area contributed by atoms with E-state index in [9.17, 15) is 9.59 Å². The van der Waals surface area contributed by atoms with E-state index in [0.29, 0.717) is 11.3 Å². The van der Waals surface area contributed by atoms with E-state index < -0.39 is 0 Å². The summed E-state index contributed by atoms with van der Waals surface area (Å²) in [5.74, 6) is -0.290. The summed E-state index contributed by atoms with van der Waals surface area (Å²) in [6.45, 7) is 0.197. The molecule has 92 valence electrons. The lowest BCUT2D eigenvalue weighted by molar-refractivity contribution is 0.0946. The maximum Gasteiger partial charge on any atom is 0.270 e. The Balaban J connectivity index is 2.07. The molecule has 2 aromatic heterocycles. The molecule has 0 aromatic carbocycles.